The number of hydrogen-bond donors (Lipinski definition) is 1. The minimum absolute atomic E-state index is 0.294. The maximum absolute atomic E-state index is 12.1. The monoisotopic (exact) mass is 240 g/mol. The molecule has 3 atom stereocenters. The number of nitrogens with one attached hydrogen (secondary N) is 1. The minimum atomic E-state index is 0.294. The molecule has 4 heteroatoms. The number of nitrogens with zero attached hydrogens (tertiary/aromatic N) is 1. The lowest BCUT2D eigenvalue weighted by atomic mass is 10.1. The van der Waals surface area contributed by atoms with E-state index in [9.17, 15) is 4.79 Å². The molecular formula is C13H24N2O2. The fourth-order valence-corrected chi connectivity index (χ4v) is 2.74. The molecule has 0 bridgehead atoms. The summed E-state index contributed by atoms with van der Waals surface area (Å²) in [5.41, 5.74) is 0. The van der Waals surface area contributed by atoms with Crippen molar-refractivity contribution in [1.29, 1.82) is 0 Å². The Morgan fingerprint density at radius 2 is 2.24 bits per heavy atom. The molecule has 2 aliphatic heterocycles. The molecule has 0 unspecified atom stereocenters. The smallest absolute Gasteiger partial charge is 0.222 e. The first kappa shape index (κ1) is 12.8. The Balaban J connectivity index is 1.73. The second kappa shape index (κ2) is 5.83. The molecule has 0 aliphatic carbocycles. The van der Waals surface area contributed by atoms with Crippen LogP contribution in [0.3, 0.4) is 0 Å². The zero-order valence-electron chi connectivity index (χ0n) is 10.9. The average molecular weight is 240 g/mol. The number of piperazine rings is 1. The van der Waals surface area contributed by atoms with Crippen LogP contribution in [0.25, 0.3) is 0 Å². The summed E-state index contributed by atoms with van der Waals surface area (Å²) in [6.45, 7) is 6.91. The number of hydrogen-bond acceptors (Lipinski definition) is 3. The van der Waals surface area contributed by atoms with E-state index < -0.39 is 0 Å². The number of rotatable bonds is 3. The minimum Gasteiger partial charge on any atom is -0.375 e. The van der Waals surface area contributed by atoms with Gasteiger partial charge in [0.25, 0.3) is 0 Å². The Kier molecular flexibility index (Phi) is 4.40. The van der Waals surface area contributed by atoms with Gasteiger partial charge < -0.3 is 15.0 Å². The molecule has 1 amide bonds. The van der Waals surface area contributed by atoms with Crippen LogP contribution in [0.1, 0.15) is 39.5 Å². The summed E-state index contributed by atoms with van der Waals surface area (Å²) in [6.07, 6.45) is 4.48. The van der Waals surface area contributed by atoms with Crippen LogP contribution < -0.4 is 5.32 Å². The summed E-state index contributed by atoms with van der Waals surface area (Å²) < 4.78 is 5.74. The SMILES string of the molecule is C[C@@H]1CC[C@H](CCC(=O)N2CCNC[C@@H]2C)O1. The lowest BCUT2D eigenvalue weighted by molar-refractivity contribution is -0.134. The number of carbonyl (C=O) groups excluding carboxylic acids is 1. The van der Waals surface area contributed by atoms with Crippen molar-refractivity contribution in [3.05, 3.63) is 0 Å². The van der Waals surface area contributed by atoms with Crippen LogP contribution in [0.2, 0.25) is 0 Å². The second-order valence-electron chi connectivity index (χ2n) is 5.33. The predicted molar refractivity (Wildman–Crippen MR) is 66.8 cm³/mol. The molecule has 0 aromatic rings. The Morgan fingerprint density at radius 1 is 1.41 bits per heavy atom. The van der Waals surface area contributed by atoms with Crippen LogP contribution in [0.4, 0.5) is 0 Å². The van der Waals surface area contributed by atoms with Crippen molar-refractivity contribution < 1.29 is 9.53 Å². The van der Waals surface area contributed by atoms with Gasteiger partial charge in [-0.05, 0) is 33.1 Å². The summed E-state index contributed by atoms with van der Waals surface area (Å²) in [5, 5.41) is 3.30. The van der Waals surface area contributed by atoms with Crippen molar-refractivity contribution in [2.75, 3.05) is 19.6 Å². The fraction of sp³-hybridized carbons (Fsp3) is 0.923. The second-order valence-corrected chi connectivity index (χ2v) is 5.33. The van der Waals surface area contributed by atoms with Gasteiger partial charge >= 0.3 is 0 Å². The van der Waals surface area contributed by atoms with Crippen LogP contribution in [0.15, 0.2) is 0 Å². The maximum Gasteiger partial charge on any atom is 0.222 e. The number of ether oxygens (including phenoxy) is 1. The third-order valence-corrected chi connectivity index (χ3v) is 3.82. The fourth-order valence-electron chi connectivity index (χ4n) is 2.74. The van der Waals surface area contributed by atoms with Crippen LogP contribution in [0.5, 0.6) is 0 Å². The molecular weight excluding hydrogens is 216 g/mol. The number of amides is 1. The largest absolute Gasteiger partial charge is 0.375 e. The Morgan fingerprint density at radius 3 is 2.88 bits per heavy atom. The van der Waals surface area contributed by atoms with Crippen molar-refractivity contribution in [3.8, 4) is 0 Å². The highest BCUT2D eigenvalue weighted by molar-refractivity contribution is 5.76. The molecule has 1 N–H and O–H groups in total. The molecule has 2 fully saturated rings. The molecule has 0 aromatic heterocycles. The summed E-state index contributed by atoms with van der Waals surface area (Å²) in [7, 11) is 0. The Bertz CT molecular complexity index is 270. The molecule has 98 valence electrons. The molecule has 0 aromatic carbocycles. The molecule has 17 heavy (non-hydrogen) atoms. The van der Waals surface area contributed by atoms with Gasteiger partial charge in [-0.3, -0.25) is 4.79 Å². The van der Waals surface area contributed by atoms with E-state index in [0.717, 1.165) is 38.9 Å². The van der Waals surface area contributed by atoms with Crippen LogP contribution in [-0.2, 0) is 9.53 Å². The predicted octanol–water partition coefficient (Wildman–Crippen LogP) is 1.15. The number of carbonyl (C=O) groups is 1. The molecule has 2 saturated heterocycles. The summed E-state index contributed by atoms with van der Waals surface area (Å²) >= 11 is 0. The van der Waals surface area contributed by atoms with Crippen LogP contribution in [-0.4, -0.2) is 48.7 Å². The zero-order chi connectivity index (χ0) is 12.3. The van der Waals surface area contributed by atoms with Crippen LogP contribution in [0, 0.1) is 0 Å². The normalized spacial score (nSPS) is 34.0. The van der Waals surface area contributed by atoms with Gasteiger partial charge in [-0.15, -0.1) is 0 Å². The maximum atomic E-state index is 12.1. The van der Waals surface area contributed by atoms with E-state index in [-0.39, 0.29) is 0 Å². The molecule has 0 saturated carbocycles. The van der Waals surface area contributed by atoms with E-state index in [1.165, 1.54) is 0 Å². The van der Waals surface area contributed by atoms with Crippen molar-refractivity contribution in [1.82, 2.24) is 10.2 Å². The van der Waals surface area contributed by atoms with Gasteiger partial charge in [0.1, 0.15) is 0 Å². The molecule has 0 spiro atoms. The van der Waals surface area contributed by atoms with E-state index in [4.69, 9.17) is 4.74 Å². The van der Waals surface area contributed by atoms with Crippen molar-refractivity contribution >= 4 is 5.91 Å². The van der Waals surface area contributed by atoms with E-state index in [1.54, 1.807) is 0 Å². The van der Waals surface area contributed by atoms with Gasteiger partial charge in [0.2, 0.25) is 5.91 Å². The molecule has 2 heterocycles. The van der Waals surface area contributed by atoms with Gasteiger partial charge in [-0.1, -0.05) is 0 Å². The zero-order valence-corrected chi connectivity index (χ0v) is 10.9. The van der Waals surface area contributed by atoms with Crippen molar-refractivity contribution in [2.45, 2.75) is 57.8 Å². The van der Waals surface area contributed by atoms with E-state index in [0.29, 0.717) is 30.6 Å². The highest BCUT2D eigenvalue weighted by Gasteiger charge is 2.26. The van der Waals surface area contributed by atoms with Crippen LogP contribution >= 0.6 is 0 Å². The molecule has 2 aliphatic rings. The topological polar surface area (TPSA) is 41.6 Å². The van der Waals surface area contributed by atoms with Gasteiger partial charge in [0, 0.05) is 32.1 Å². The highest BCUT2D eigenvalue weighted by atomic mass is 16.5. The van der Waals surface area contributed by atoms with Gasteiger partial charge in [-0.2, -0.15) is 0 Å². The summed E-state index contributed by atoms with van der Waals surface area (Å²) in [5.74, 6) is 0.294. The Hall–Kier alpha value is -0.610. The van der Waals surface area contributed by atoms with Crippen molar-refractivity contribution in [3.63, 3.8) is 0 Å². The standard InChI is InChI=1S/C13H24N2O2/c1-10-9-14-7-8-15(10)13(16)6-5-12-4-3-11(2)17-12/h10-12,14H,3-9H2,1-2H3/t10-,11+,12+/m0/s1. The van der Waals surface area contributed by atoms with Gasteiger partial charge in [-0.25, -0.2) is 0 Å². The van der Waals surface area contributed by atoms with Crippen molar-refractivity contribution in [2.24, 2.45) is 0 Å². The third-order valence-electron chi connectivity index (χ3n) is 3.82. The molecule has 2 rings (SSSR count). The highest BCUT2D eigenvalue weighted by Crippen LogP contribution is 2.23. The lowest BCUT2D eigenvalue weighted by Crippen LogP contribution is -2.52. The summed E-state index contributed by atoms with van der Waals surface area (Å²) in [4.78, 5) is 14.1. The molecule has 4 nitrogen and oxygen atoms in total. The first-order valence-corrected chi connectivity index (χ1v) is 6.82. The summed E-state index contributed by atoms with van der Waals surface area (Å²) in [6, 6.07) is 0.333. The average Bonchev–Trinajstić information content (AvgIpc) is 2.73. The van der Waals surface area contributed by atoms with Gasteiger partial charge in [0.15, 0.2) is 0 Å². The lowest BCUT2D eigenvalue weighted by Gasteiger charge is -2.34. The first-order valence-electron chi connectivity index (χ1n) is 6.82. The van der Waals surface area contributed by atoms with E-state index >= 15 is 0 Å². The first-order chi connectivity index (χ1) is 8.16. The molecule has 0 radical (unpaired) electrons. The Labute approximate surface area is 104 Å². The quantitative estimate of drug-likeness (QED) is 0.804. The van der Waals surface area contributed by atoms with Gasteiger partial charge in [0.05, 0.1) is 12.2 Å². The third kappa shape index (κ3) is 3.42. The van der Waals surface area contributed by atoms with E-state index in [2.05, 4.69) is 19.2 Å². The van der Waals surface area contributed by atoms with E-state index in [1.807, 2.05) is 4.90 Å².